The molecule has 3 heterocycles. The SMILES string of the molecule is CCC(C)(C)C(=O)C(=O)N1CCCCC1C(=O)C[C@H](CCc1ccc(C)c(C)c1)c1cccc(NC(=O)CCC(=O)NCCCCCC(=O)COc2cccc3c2C(=O)N(C2CCC(=O)NC2=O)C3=O)c1. The third kappa shape index (κ3) is 13.7. The third-order valence-electron chi connectivity index (χ3n) is 14.1. The van der Waals surface area contributed by atoms with E-state index in [2.05, 4.69) is 48.0 Å². The van der Waals surface area contributed by atoms with Crippen molar-refractivity contribution in [3.8, 4) is 5.75 Å². The van der Waals surface area contributed by atoms with Gasteiger partial charge in [0.25, 0.3) is 17.7 Å². The number of carbonyl (C=O) groups is 10. The van der Waals surface area contributed by atoms with Crippen molar-refractivity contribution in [3.05, 3.63) is 94.0 Å². The van der Waals surface area contributed by atoms with Crippen molar-refractivity contribution < 1.29 is 52.7 Å². The Balaban J connectivity index is 0.943. The van der Waals surface area contributed by atoms with Crippen molar-refractivity contribution in [2.45, 2.75) is 149 Å². The smallest absolute Gasteiger partial charge is 0.291 e. The summed E-state index contributed by atoms with van der Waals surface area (Å²) in [4.78, 5) is 132. The summed E-state index contributed by atoms with van der Waals surface area (Å²) >= 11 is 0. The molecule has 2 unspecified atom stereocenters. The maximum Gasteiger partial charge on any atom is 0.291 e. The van der Waals surface area contributed by atoms with Crippen LogP contribution in [0.15, 0.2) is 60.7 Å². The molecule has 0 saturated carbocycles. The van der Waals surface area contributed by atoms with Crippen LogP contribution in [0.4, 0.5) is 5.69 Å². The van der Waals surface area contributed by atoms with Gasteiger partial charge in [0, 0.05) is 56.3 Å². The number of fused-ring (bicyclic) bond motifs is 1. The Bertz CT molecular complexity index is 2570. The number of rotatable bonds is 24. The highest BCUT2D eigenvalue weighted by Gasteiger charge is 2.46. The van der Waals surface area contributed by atoms with Gasteiger partial charge in [-0.2, -0.15) is 0 Å². The summed E-state index contributed by atoms with van der Waals surface area (Å²) in [5.41, 5.74) is 4.10. The van der Waals surface area contributed by atoms with Crippen molar-refractivity contribution in [1.29, 1.82) is 0 Å². The fraction of sp³-hybridized carbons (Fsp3) is 0.491. The second-order valence-corrected chi connectivity index (χ2v) is 19.7. The number of hydrogen-bond acceptors (Lipinski definition) is 11. The lowest BCUT2D eigenvalue weighted by atomic mass is 9.82. The summed E-state index contributed by atoms with van der Waals surface area (Å²) in [6.45, 7) is 9.91. The molecule has 2 saturated heterocycles. The van der Waals surface area contributed by atoms with E-state index < -0.39 is 52.8 Å². The number of imide groups is 2. The van der Waals surface area contributed by atoms with Crippen molar-refractivity contribution >= 4 is 64.4 Å². The van der Waals surface area contributed by atoms with Crippen molar-refractivity contribution in [3.63, 3.8) is 0 Å². The molecule has 0 aromatic heterocycles. The lowest BCUT2D eigenvalue weighted by Gasteiger charge is -2.36. The van der Waals surface area contributed by atoms with Crippen LogP contribution in [0, 0.1) is 19.3 Å². The van der Waals surface area contributed by atoms with Gasteiger partial charge in [0.05, 0.1) is 17.2 Å². The number of nitrogens with one attached hydrogen (secondary N) is 3. The summed E-state index contributed by atoms with van der Waals surface area (Å²) in [6, 6.07) is 16.4. The van der Waals surface area contributed by atoms with Gasteiger partial charge in [0.15, 0.2) is 11.6 Å². The first-order chi connectivity index (χ1) is 33.9. The molecular formula is C55H67N5O11. The number of amides is 7. The molecule has 0 aliphatic carbocycles. The summed E-state index contributed by atoms with van der Waals surface area (Å²) < 4.78 is 5.69. The molecule has 7 amide bonds. The monoisotopic (exact) mass is 973 g/mol. The summed E-state index contributed by atoms with van der Waals surface area (Å²) in [7, 11) is 0. The number of carbonyl (C=O) groups excluding carboxylic acids is 10. The Labute approximate surface area is 415 Å². The Morgan fingerprint density at radius 1 is 0.831 bits per heavy atom. The van der Waals surface area contributed by atoms with Crippen LogP contribution in [0.3, 0.4) is 0 Å². The highest BCUT2D eigenvalue weighted by atomic mass is 16.5. The number of likely N-dealkylation sites (tertiary alicyclic amines) is 1. The summed E-state index contributed by atoms with van der Waals surface area (Å²) in [6.07, 6.45) is 5.87. The van der Waals surface area contributed by atoms with Crippen molar-refractivity contribution in [1.82, 2.24) is 20.4 Å². The first kappa shape index (κ1) is 53.5. The molecule has 16 nitrogen and oxygen atoms in total. The summed E-state index contributed by atoms with van der Waals surface area (Å²) in [5.74, 6) is -4.80. The number of piperidine rings is 2. The maximum atomic E-state index is 14.2. The molecule has 2 fully saturated rings. The van der Waals surface area contributed by atoms with Gasteiger partial charge in [-0.05, 0) is 124 Å². The van der Waals surface area contributed by atoms with Gasteiger partial charge in [-0.15, -0.1) is 0 Å². The molecule has 3 atom stereocenters. The topological polar surface area (TPSA) is 222 Å². The number of nitrogens with zero attached hydrogens (tertiary/aromatic N) is 2. The van der Waals surface area contributed by atoms with E-state index in [1.807, 2.05) is 25.1 Å². The zero-order chi connectivity index (χ0) is 51.4. The minimum Gasteiger partial charge on any atom is -0.485 e. The van der Waals surface area contributed by atoms with Crippen LogP contribution in [-0.2, 0) is 44.8 Å². The maximum absolute atomic E-state index is 14.2. The van der Waals surface area contributed by atoms with Gasteiger partial charge in [-0.25, -0.2) is 0 Å². The van der Waals surface area contributed by atoms with Gasteiger partial charge < -0.3 is 20.3 Å². The Morgan fingerprint density at radius 2 is 1.59 bits per heavy atom. The molecule has 3 N–H and O–H groups in total. The molecule has 6 rings (SSSR count). The average Bonchev–Trinajstić information content (AvgIpc) is 3.61. The van der Waals surface area contributed by atoms with Crippen LogP contribution >= 0.6 is 0 Å². The Hall–Kier alpha value is -6.84. The van der Waals surface area contributed by atoms with E-state index in [1.54, 1.807) is 19.9 Å². The van der Waals surface area contributed by atoms with E-state index in [4.69, 9.17) is 4.74 Å². The second kappa shape index (κ2) is 24.3. The van der Waals surface area contributed by atoms with Crippen molar-refractivity contribution in [2.24, 2.45) is 5.41 Å². The van der Waals surface area contributed by atoms with Crippen LogP contribution in [0.5, 0.6) is 5.75 Å². The van der Waals surface area contributed by atoms with E-state index in [1.165, 1.54) is 34.2 Å². The van der Waals surface area contributed by atoms with E-state index >= 15 is 0 Å². The zero-order valence-electron chi connectivity index (χ0n) is 41.6. The predicted octanol–water partition coefficient (Wildman–Crippen LogP) is 6.81. The van der Waals surface area contributed by atoms with Gasteiger partial charge in [0.2, 0.25) is 29.4 Å². The lowest BCUT2D eigenvalue weighted by Crippen LogP contribution is -2.54. The quantitative estimate of drug-likeness (QED) is 0.0481. The van der Waals surface area contributed by atoms with E-state index in [-0.39, 0.29) is 91.3 Å². The lowest BCUT2D eigenvalue weighted by molar-refractivity contribution is -0.153. The van der Waals surface area contributed by atoms with E-state index in [0.29, 0.717) is 63.7 Å². The number of hydrogen-bond donors (Lipinski definition) is 3. The average molecular weight is 974 g/mol. The number of unbranched alkanes of at least 4 members (excludes halogenated alkanes) is 2. The van der Waals surface area contributed by atoms with Gasteiger partial charge in [0.1, 0.15) is 18.4 Å². The second-order valence-electron chi connectivity index (χ2n) is 19.7. The van der Waals surface area contributed by atoms with Gasteiger partial charge >= 0.3 is 0 Å². The molecule has 71 heavy (non-hydrogen) atoms. The fourth-order valence-corrected chi connectivity index (χ4v) is 9.25. The molecule has 16 heteroatoms. The number of aryl methyl sites for hydroxylation is 3. The first-order valence-electron chi connectivity index (χ1n) is 25.0. The molecule has 0 bridgehead atoms. The number of ketones is 3. The molecule has 3 aliphatic rings. The van der Waals surface area contributed by atoms with E-state index in [0.717, 1.165) is 28.9 Å². The number of Topliss-reactive ketones (excluding diaryl/α,β-unsaturated/α-hetero) is 3. The van der Waals surface area contributed by atoms with Crippen LogP contribution < -0.4 is 20.7 Å². The zero-order valence-corrected chi connectivity index (χ0v) is 41.6. The first-order valence-corrected chi connectivity index (χ1v) is 25.0. The van der Waals surface area contributed by atoms with Crippen LogP contribution in [0.2, 0.25) is 0 Å². The molecule has 3 aromatic carbocycles. The number of ether oxygens (including phenoxy) is 1. The third-order valence-corrected chi connectivity index (χ3v) is 14.1. The highest BCUT2D eigenvalue weighted by molar-refractivity contribution is 6.38. The van der Waals surface area contributed by atoms with Crippen LogP contribution in [-0.4, -0.2) is 100 Å². The van der Waals surface area contributed by atoms with Crippen LogP contribution in [0.25, 0.3) is 0 Å². The van der Waals surface area contributed by atoms with E-state index in [9.17, 15) is 47.9 Å². The predicted molar refractivity (Wildman–Crippen MR) is 264 cm³/mol. The van der Waals surface area contributed by atoms with Crippen LogP contribution in [0.1, 0.15) is 160 Å². The molecule has 0 spiro atoms. The van der Waals surface area contributed by atoms with Gasteiger partial charge in [-0.3, -0.25) is 58.2 Å². The highest BCUT2D eigenvalue weighted by Crippen LogP contribution is 2.35. The Kier molecular flexibility index (Phi) is 18.3. The molecule has 0 radical (unpaired) electrons. The van der Waals surface area contributed by atoms with Crippen molar-refractivity contribution in [2.75, 3.05) is 25.0 Å². The fourth-order valence-electron chi connectivity index (χ4n) is 9.25. The normalized spacial score (nSPS) is 17.3. The summed E-state index contributed by atoms with van der Waals surface area (Å²) in [5, 5.41) is 7.89. The van der Waals surface area contributed by atoms with Gasteiger partial charge in [-0.1, -0.05) is 63.6 Å². The minimum atomic E-state index is -1.12. The minimum absolute atomic E-state index is 0.00684. The standard InChI is InChI=1S/C55H67N5O11/c1-6-55(4,5)50(66)54(70)59-29-11-9-18-42(59)44(62)32-38(23-22-36-21-20-34(2)35(3)30-36)37-14-12-15-39(31-37)57-47(64)27-26-46(63)56-28-10-7-8-16-40(61)33-71-45-19-13-17-41-49(45)53(69)60(52(41)68)43-24-25-48(65)58-51(43)67/h12-15,17,19-21,30-31,38,42-43H,6-11,16,18,22-29,32-33H2,1-5H3,(H,56,63)(H,57,64)(H,58,65,67)/t38-,42?,43?/m0/s1. The largest absolute Gasteiger partial charge is 0.485 e. The number of benzene rings is 3. The molecule has 3 aromatic rings. The molecule has 378 valence electrons. The molecular weight excluding hydrogens is 907 g/mol. The Morgan fingerprint density at radius 3 is 2.34 bits per heavy atom. The molecule has 3 aliphatic heterocycles. The number of anilines is 1.